The smallest absolute Gasteiger partial charge is 0.258 e. The third-order valence-electron chi connectivity index (χ3n) is 3.68. The second-order valence-corrected chi connectivity index (χ2v) is 5.23. The van der Waals surface area contributed by atoms with Crippen LogP contribution in [-0.4, -0.2) is 26.5 Å². The Balaban J connectivity index is 1.69. The van der Waals surface area contributed by atoms with Gasteiger partial charge in [0.1, 0.15) is 0 Å². The normalized spacial score (nSPS) is 13.8. The summed E-state index contributed by atoms with van der Waals surface area (Å²) in [5.74, 6) is 1.11. The number of nitrogens with one attached hydrogen (secondary N) is 1. The number of nitrogens with zero attached hydrogens (tertiary/aromatic N) is 4. The van der Waals surface area contributed by atoms with Crippen molar-refractivity contribution in [2.45, 2.75) is 12.8 Å². The van der Waals surface area contributed by atoms with Crippen LogP contribution in [0.2, 0.25) is 0 Å². The number of benzene rings is 1. The predicted molar refractivity (Wildman–Crippen MR) is 78.7 cm³/mol. The van der Waals surface area contributed by atoms with Gasteiger partial charge in [0.05, 0.1) is 11.8 Å². The van der Waals surface area contributed by atoms with Crippen molar-refractivity contribution in [3.05, 3.63) is 36.2 Å². The molecule has 0 aliphatic carbocycles. The summed E-state index contributed by atoms with van der Waals surface area (Å²) in [4.78, 5) is 4.46. The molecule has 0 saturated carbocycles. The van der Waals surface area contributed by atoms with Crippen LogP contribution in [0.15, 0.2) is 35.1 Å². The third-order valence-corrected chi connectivity index (χ3v) is 3.68. The Morgan fingerprint density at radius 3 is 3.10 bits per heavy atom. The third kappa shape index (κ3) is 2.18. The fourth-order valence-electron chi connectivity index (χ4n) is 2.60. The highest BCUT2D eigenvalue weighted by Crippen LogP contribution is 2.28. The molecule has 21 heavy (non-hydrogen) atoms. The van der Waals surface area contributed by atoms with E-state index in [0.717, 1.165) is 30.5 Å². The maximum absolute atomic E-state index is 5.39. The number of hydrogen-bond donors (Lipinski definition) is 1. The Bertz CT molecular complexity index is 789. The van der Waals surface area contributed by atoms with Crippen LogP contribution in [0.4, 0.5) is 5.69 Å². The molecule has 3 aromatic rings. The van der Waals surface area contributed by atoms with Crippen molar-refractivity contribution in [1.82, 2.24) is 19.9 Å². The molecule has 4 rings (SSSR count). The van der Waals surface area contributed by atoms with Crippen LogP contribution >= 0.6 is 0 Å². The lowest BCUT2D eigenvalue weighted by Crippen LogP contribution is -2.11. The maximum atomic E-state index is 5.39. The quantitative estimate of drug-likeness (QED) is 0.781. The van der Waals surface area contributed by atoms with Crippen LogP contribution in [-0.2, 0) is 13.5 Å². The van der Waals surface area contributed by atoms with Gasteiger partial charge in [-0.25, -0.2) is 0 Å². The Kier molecular flexibility index (Phi) is 2.73. The number of fused-ring (bicyclic) bond motifs is 1. The van der Waals surface area contributed by atoms with Gasteiger partial charge in [-0.2, -0.15) is 10.1 Å². The molecule has 6 nitrogen and oxygen atoms in total. The lowest BCUT2D eigenvalue weighted by Gasteiger charge is -2.17. The number of aryl methyl sites for hydroxylation is 2. The summed E-state index contributed by atoms with van der Waals surface area (Å²) in [5, 5.41) is 11.5. The molecule has 1 aliphatic rings. The molecule has 0 saturated heterocycles. The van der Waals surface area contributed by atoms with Gasteiger partial charge in [0.15, 0.2) is 0 Å². The van der Waals surface area contributed by atoms with Crippen LogP contribution in [0.1, 0.15) is 12.0 Å². The van der Waals surface area contributed by atoms with Gasteiger partial charge in [-0.15, -0.1) is 0 Å². The number of rotatable bonds is 2. The van der Waals surface area contributed by atoms with E-state index >= 15 is 0 Å². The van der Waals surface area contributed by atoms with Crippen LogP contribution in [0, 0.1) is 0 Å². The molecule has 0 unspecified atom stereocenters. The Morgan fingerprint density at radius 2 is 2.24 bits per heavy atom. The van der Waals surface area contributed by atoms with E-state index in [4.69, 9.17) is 4.52 Å². The molecule has 2 aromatic heterocycles. The summed E-state index contributed by atoms with van der Waals surface area (Å²) in [6.45, 7) is 1.04. The van der Waals surface area contributed by atoms with Gasteiger partial charge in [0.2, 0.25) is 5.82 Å². The van der Waals surface area contributed by atoms with E-state index in [-0.39, 0.29) is 0 Å². The molecule has 1 aromatic carbocycles. The average Bonchev–Trinajstić information content (AvgIpc) is 3.15. The zero-order valence-corrected chi connectivity index (χ0v) is 11.7. The number of anilines is 1. The first-order valence-electron chi connectivity index (χ1n) is 6.99. The monoisotopic (exact) mass is 281 g/mol. The lowest BCUT2D eigenvalue weighted by atomic mass is 10.0. The molecule has 106 valence electrons. The fraction of sp³-hybridized carbons (Fsp3) is 0.267. The molecule has 3 heterocycles. The van der Waals surface area contributed by atoms with E-state index in [0.29, 0.717) is 11.7 Å². The van der Waals surface area contributed by atoms with E-state index in [1.807, 2.05) is 19.3 Å². The van der Waals surface area contributed by atoms with Crippen molar-refractivity contribution >= 4 is 5.69 Å². The molecule has 1 aliphatic heterocycles. The number of aromatic nitrogens is 4. The average molecular weight is 281 g/mol. The molecule has 1 N–H and O–H groups in total. The highest BCUT2D eigenvalue weighted by atomic mass is 16.5. The molecule has 6 heteroatoms. The van der Waals surface area contributed by atoms with Crippen molar-refractivity contribution in [2.24, 2.45) is 7.05 Å². The lowest BCUT2D eigenvalue weighted by molar-refractivity contribution is 0.432. The Hall–Kier alpha value is -2.63. The second kappa shape index (κ2) is 4.73. The fourth-order valence-corrected chi connectivity index (χ4v) is 2.60. The minimum Gasteiger partial charge on any atom is -0.385 e. The summed E-state index contributed by atoms with van der Waals surface area (Å²) >= 11 is 0. The minimum absolute atomic E-state index is 0.544. The van der Waals surface area contributed by atoms with Gasteiger partial charge in [0, 0.05) is 31.0 Å². The standard InChI is InChI=1S/C15H15N5O/c1-20-9-12(8-17-20)14-18-15(21-19-14)11-4-5-13-10(7-11)3-2-6-16-13/h4-5,7-9,16H,2-3,6H2,1H3. The molecular weight excluding hydrogens is 266 g/mol. The van der Waals surface area contributed by atoms with Crippen molar-refractivity contribution < 1.29 is 4.52 Å². The van der Waals surface area contributed by atoms with Crippen LogP contribution in [0.5, 0.6) is 0 Å². The molecule has 0 bridgehead atoms. The van der Waals surface area contributed by atoms with Gasteiger partial charge in [-0.1, -0.05) is 5.16 Å². The van der Waals surface area contributed by atoms with E-state index in [1.54, 1.807) is 10.9 Å². The molecule has 0 radical (unpaired) electrons. The van der Waals surface area contributed by atoms with Gasteiger partial charge >= 0.3 is 0 Å². The maximum Gasteiger partial charge on any atom is 0.258 e. The summed E-state index contributed by atoms with van der Waals surface area (Å²) < 4.78 is 7.11. The van der Waals surface area contributed by atoms with E-state index in [1.165, 1.54) is 11.3 Å². The van der Waals surface area contributed by atoms with E-state index < -0.39 is 0 Å². The summed E-state index contributed by atoms with van der Waals surface area (Å²) in [6, 6.07) is 6.22. The first kappa shape index (κ1) is 12.1. The van der Waals surface area contributed by atoms with Gasteiger partial charge in [0.25, 0.3) is 5.89 Å². The minimum atomic E-state index is 0.544. The Morgan fingerprint density at radius 1 is 1.29 bits per heavy atom. The van der Waals surface area contributed by atoms with Crippen LogP contribution < -0.4 is 5.32 Å². The first-order valence-corrected chi connectivity index (χ1v) is 6.99. The highest BCUT2D eigenvalue weighted by Gasteiger charge is 2.15. The SMILES string of the molecule is Cn1cc(-c2noc(-c3ccc4c(c3)CCCN4)n2)cn1. The molecule has 0 amide bonds. The first-order chi connectivity index (χ1) is 10.3. The van der Waals surface area contributed by atoms with Crippen molar-refractivity contribution in [2.75, 3.05) is 11.9 Å². The molecule has 0 atom stereocenters. The predicted octanol–water partition coefficient (Wildman–Crippen LogP) is 2.50. The zero-order chi connectivity index (χ0) is 14.2. The molecule has 0 fully saturated rings. The Labute approximate surface area is 121 Å². The molecular formula is C15H15N5O. The van der Waals surface area contributed by atoms with Gasteiger partial charge in [-0.3, -0.25) is 4.68 Å². The summed E-state index contributed by atoms with van der Waals surface area (Å²) in [6.07, 6.45) is 5.83. The van der Waals surface area contributed by atoms with E-state index in [9.17, 15) is 0 Å². The summed E-state index contributed by atoms with van der Waals surface area (Å²) in [5.41, 5.74) is 4.32. The largest absolute Gasteiger partial charge is 0.385 e. The molecule has 0 spiro atoms. The van der Waals surface area contributed by atoms with Crippen molar-refractivity contribution in [1.29, 1.82) is 0 Å². The van der Waals surface area contributed by atoms with Crippen molar-refractivity contribution in [3.8, 4) is 22.8 Å². The highest BCUT2D eigenvalue weighted by molar-refractivity contribution is 5.65. The number of hydrogen-bond acceptors (Lipinski definition) is 5. The van der Waals surface area contributed by atoms with Gasteiger partial charge < -0.3 is 9.84 Å². The van der Waals surface area contributed by atoms with Crippen molar-refractivity contribution in [3.63, 3.8) is 0 Å². The topological polar surface area (TPSA) is 68.8 Å². The van der Waals surface area contributed by atoms with E-state index in [2.05, 4.69) is 32.7 Å². The van der Waals surface area contributed by atoms with Crippen LogP contribution in [0.25, 0.3) is 22.8 Å². The van der Waals surface area contributed by atoms with Gasteiger partial charge in [-0.05, 0) is 36.6 Å². The van der Waals surface area contributed by atoms with Crippen LogP contribution in [0.3, 0.4) is 0 Å². The second-order valence-electron chi connectivity index (χ2n) is 5.23. The zero-order valence-electron chi connectivity index (χ0n) is 11.7. The summed E-state index contributed by atoms with van der Waals surface area (Å²) in [7, 11) is 1.86.